The van der Waals surface area contributed by atoms with Gasteiger partial charge in [0.25, 0.3) is 0 Å². The van der Waals surface area contributed by atoms with E-state index in [1.165, 1.54) is 31.2 Å². The lowest BCUT2D eigenvalue weighted by Crippen LogP contribution is -2.01. The molecule has 162 valence electrons. The predicted molar refractivity (Wildman–Crippen MR) is 102 cm³/mol. The maximum absolute atomic E-state index is 14.4. The normalized spacial score (nSPS) is 12.0. The molecule has 0 aliphatic rings. The summed E-state index contributed by atoms with van der Waals surface area (Å²) < 4.78 is 101. The van der Waals surface area contributed by atoms with Crippen LogP contribution in [0.15, 0.2) is 54.4 Å². The molecule has 0 aromatic heterocycles. The lowest BCUT2D eigenvalue weighted by molar-refractivity contribution is 0.288. The molecule has 3 aromatic carbocycles. The topological polar surface area (TPSA) is 9.23 Å². The van der Waals surface area contributed by atoms with Crippen LogP contribution in [-0.4, -0.2) is 0 Å². The van der Waals surface area contributed by atoms with Crippen molar-refractivity contribution in [2.45, 2.75) is 20.0 Å². The molecule has 0 saturated carbocycles. The number of rotatable bonds is 6. The van der Waals surface area contributed by atoms with Crippen molar-refractivity contribution in [2.75, 3.05) is 0 Å². The minimum Gasteiger partial charge on any atom is -0.486 e. The van der Waals surface area contributed by atoms with Gasteiger partial charge in [0.05, 0.1) is 0 Å². The van der Waals surface area contributed by atoms with Crippen LogP contribution in [0.1, 0.15) is 24.5 Å². The Morgan fingerprint density at radius 1 is 0.774 bits per heavy atom. The lowest BCUT2D eigenvalue weighted by Gasteiger charge is -2.11. The van der Waals surface area contributed by atoms with Gasteiger partial charge in [-0.1, -0.05) is 25.1 Å². The van der Waals surface area contributed by atoms with Crippen molar-refractivity contribution in [1.82, 2.24) is 0 Å². The second-order valence-corrected chi connectivity index (χ2v) is 6.57. The van der Waals surface area contributed by atoms with E-state index in [1.54, 1.807) is 0 Å². The Morgan fingerprint density at radius 2 is 1.45 bits per heavy atom. The summed E-state index contributed by atoms with van der Waals surface area (Å²) in [5, 5.41) is 0. The molecule has 0 N–H and O–H groups in total. The molecule has 0 saturated heterocycles. The molecule has 0 aliphatic heterocycles. The molecule has 8 heteroatoms. The smallest absolute Gasteiger partial charge is 0.194 e. The summed E-state index contributed by atoms with van der Waals surface area (Å²) in [6.45, 7) is 0.969. The van der Waals surface area contributed by atoms with Crippen LogP contribution >= 0.6 is 0 Å². The Labute approximate surface area is 173 Å². The number of halogens is 7. The Kier molecular flexibility index (Phi) is 6.68. The van der Waals surface area contributed by atoms with Crippen molar-refractivity contribution in [1.29, 1.82) is 0 Å². The van der Waals surface area contributed by atoms with Crippen molar-refractivity contribution in [3.63, 3.8) is 0 Å². The zero-order valence-corrected chi connectivity index (χ0v) is 16.1. The molecule has 0 aliphatic carbocycles. The lowest BCUT2D eigenvalue weighted by atomic mass is 10.0. The fourth-order valence-electron chi connectivity index (χ4n) is 2.84. The first kappa shape index (κ1) is 22.4. The van der Waals surface area contributed by atoms with E-state index in [2.05, 4.69) is 0 Å². The van der Waals surface area contributed by atoms with Crippen molar-refractivity contribution < 1.29 is 35.5 Å². The van der Waals surface area contributed by atoms with E-state index in [0.717, 1.165) is 24.3 Å². The molecule has 0 radical (unpaired) electrons. The van der Waals surface area contributed by atoms with Gasteiger partial charge in [-0.25, -0.2) is 30.7 Å². The van der Waals surface area contributed by atoms with Gasteiger partial charge < -0.3 is 4.74 Å². The molecule has 3 rings (SSSR count). The fourth-order valence-corrected chi connectivity index (χ4v) is 2.84. The Bertz CT molecular complexity index is 1130. The average molecular weight is 440 g/mol. The molecule has 0 fully saturated rings. The van der Waals surface area contributed by atoms with E-state index >= 15 is 0 Å². The number of hydrogen-bond donors (Lipinski definition) is 0. The van der Waals surface area contributed by atoms with Gasteiger partial charge in [0.1, 0.15) is 18.3 Å². The van der Waals surface area contributed by atoms with Crippen LogP contribution in [0.25, 0.3) is 17.0 Å². The number of benzene rings is 3. The Balaban J connectivity index is 1.81. The summed E-state index contributed by atoms with van der Waals surface area (Å²) in [6.07, 6.45) is -0.181. The summed E-state index contributed by atoms with van der Waals surface area (Å²) in [7, 11) is 0. The molecule has 0 amide bonds. The number of hydrogen-bond acceptors (Lipinski definition) is 1. The van der Waals surface area contributed by atoms with Crippen LogP contribution in [0, 0.1) is 29.1 Å². The van der Waals surface area contributed by atoms with Crippen LogP contribution in [0.5, 0.6) is 5.75 Å². The van der Waals surface area contributed by atoms with Gasteiger partial charge in [0.2, 0.25) is 0 Å². The SMILES string of the molecule is CC/C(F)=C(\F)c1ccc(-c2ccc(OCc3cc(F)c(F)c(F)c3)c(F)c2)c(F)c1. The van der Waals surface area contributed by atoms with E-state index in [1.807, 2.05) is 0 Å². The molecule has 0 heterocycles. The van der Waals surface area contributed by atoms with Gasteiger partial charge in [-0.15, -0.1) is 0 Å². The molecule has 3 aromatic rings. The van der Waals surface area contributed by atoms with Crippen LogP contribution in [0.3, 0.4) is 0 Å². The van der Waals surface area contributed by atoms with Crippen LogP contribution in [0.2, 0.25) is 0 Å². The van der Waals surface area contributed by atoms with Crippen molar-refractivity contribution >= 4 is 5.83 Å². The summed E-state index contributed by atoms with van der Waals surface area (Å²) in [5.74, 6) is -8.69. The van der Waals surface area contributed by atoms with Crippen LogP contribution < -0.4 is 4.74 Å². The monoisotopic (exact) mass is 440 g/mol. The van der Waals surface area contributed by atoms with Crippen molar-refractivity contribution in [3.8, 4) is 16.9 Å². The van der Waals surface area contributed by atoms with Gasteiger partial charge in [-0.2, -0.15) is 0 Å². The van der Waals surface area contributed by atoms with Crippen LogP contribution in [-0.2, 0) is 6.61 Å². The second kappa shape index (κ2) is 9.24. The van der Waals surface area contributed by atoms with Crippen LogP contribution in [0.4, 0.5) is 30.7 Å². The van der Waals surface area contributed by atoms with E-state index in [-0.39, 0.29) is 34.4 Å². The standard InChI is InChI=1S/C23H15F7O/c1-2-16(24)22(29)14-3-5-15(17(25)10-14)13-4-6-21(18(26)9-13)31-11-12-7-19(27)23(30)20(28)8-12/h3-10H,2,11H2,1H3/b22-16+. The molecular formula is C23H15F7O. The summed E-state index contributed by atoms with van der Waals surface area (Å²) in [5.41, 5.74) is -0.287. The highest BCUT2D eigenvalue weighted by atomic mass is 19.2. The predicted octanol–water partition coefficient (Wildman–Crippen LogP) is 7.65. The fraction of sp³-hybridized carbons (Fsp3) is 0.130. The summed E-state index contributed by atoms with van der Waals surface area (Å²) in [4.78, 5) is 0. The number of ether oxygens (including phenoxy) is 1. The quantitative estimate of drug-likeness (QED) is 0.283. The van der Waals surface area contributed by atoms with E-state index in [9.17, 15) is 30.7 Å². The minimum absolute atomic E-state index is 0.0541. The molecule has 0 bridgehead atoms. The first-order chi connectivity index (χ1) is 14.7. The molecule has 1 nitrogen and oxygen atoms in total. The van der Waals surface area contributed by atoms with E-state index < -0.39 is 47.3 Å². The first-order valence-electron chi connectivity index (χ1n) is 9.11. The average Bonchev–Trinajstić information content (AvgIpc) is 2.75. The third kappa shape index (κ3) is 4.90. The maximum Gasteiger partial charge on any atom is 0.194 e. The molecule has 0 atom stereocenters. The molecule has 0 spiro atoms. The minimum atomic E-state index is -1.62. The Morgan fingerprint density at radius 3 is 2.03 bits per heavy atom. The maximum atomic E-state index is 14.4. The van der Waals surface area contributed by atoms with E-state index in [0.29, 0.717) is 0 Å². The second-order valence-electron chi connectivity index (χ2n) is 6.57. The van der Waals surface area contributed by atoms with Gasteiger partial charge >= 0.3 is 0 Å². The molecule has 0 unspecified atom stereocenters. The van der Waals surface area contributed by atoms with Gasteiger partial charge in [-0.05, 0) is 47.9 Å². The van der Waals surface area contributed by atoms with Gasteiger partial charge in [0.15, 0.2) is 34.8 Å². The summed E-state index contributed by atoms with van der Waals surface area (Å²) >= 11 is 0. The highest BCUT2D eigenvalue weighted by Crippen LogP contribution is 2.31. The third-order valence-electron chi connectivity index (χ3n) is 4.45. The van der Waals surface area contributed by atoms with Gasteiger partial charge in [-0.3, -0.25) is 0 Å². The highest BCUT2D eigenvalue weighted by molar-refractivity contribution is 5.69. The largest absolute Gasteiger partial charge is 0.486 e. The molecular weight excluding hydrogens is 425 g/mol. The summed E-state index contributed by atoms with van der Waals surface area (Å²) in [6, 6.07) is 8.05. The zero-order valence-electron chi connectivity index (χ0n) is 16.1. The third-order valence-corrected chi connectivity index (χ3v) is 4.45. The van der Waals surface area contributed by atoms with Crippen molar-refractivity contribution in [2.24, 2.45) is 0 Å². The zero-order chi connectivity index (χ0) is 22.7. The molecule has 31 heavy (non-hydrogen) atoms. The Hall–Kier alpha value is -3.29. The highest BCUT2D eigenvalue weighted by Gasteiger charge is 2.15. The number of allylic oxidation sites excluding steroid dienone is 1. The first-order valence-corrected chi connectivity index (χ1v) is 9.11. The van der Waals surface area contributed by atoms with Gasteiger partial charge in [0, 0.05) is 11.1 Å². The van der Waals surface area contributed by atoms with Crippen molar-refractivity contribution in [3.05, 3.63) is 94.6 Å². The van der Waals surface area contributed by atoms with E-state index in [4.69, 9.17) is 4.74 Å².